The predicted molar refractivity (Wildman–Crippen MR) is 87.7 cm³/mol. The number of phenols is 2. The van der Waals surface area contributed by atoms with Crippen LogP contribution in [-0.2, 0) is 9.59 Å². The molecule has 8 nitrogen and oxygen atoms in total. The van der Waals surface area contributed by atoms with Crippen LogP contribution in [0.4, 0.5) is 0 Å². The Labute approximate surface area is 137 Å². The summed E-state index contributed by atoms with van der Waals surface area (Å²) in [7, 11) is 0. The molecule has 0 unspecified atom stereocenters. The maximum Gasteiger partial charge on any atom is 0.331 e. The second kappa shape index (κ2) is 8.08. The summed E-state index contributed by atoms with van der Waals surface area (Å²) in [4.78, 5) is 23.0. The summed E-state index contributed by atoms with van der Waals surface area (Å²) in [6.45, 7) is 0. The van der Waals surface area contributed by atoms with E-state index in [4.69, 9.17) is 10.2 Å². The lowest BCUT2D eigenvalue weighted by Gasteiger charge is -1.98. The molecule has 2 amide bonds. The molecule has 0 aliphatic rings. The summed E-state index contributed by atoms with van der Waals surface area (Å²) < 4.78 is 0. The van der Waals surface area contributed by atoms with E-state index >= 15 is 0 Å². The van der Waals surface area contributed by atoms with Crippen LogP contribution in [0.5, 0.6) is 11.5 Å². The molecule has 0 fully saturated rings. The number of aromatic hydroxyl groups is 2. The maximum absolute atomic E-state index is 11.5. The van der Waals surface area contributed by atoms with Gasteiger partial charge in [-0.05, 0) is 59.7 Å². The van der Waals surface area contributed by atoms with E-state index in [1.165, 1.54) is 36.7 Å². The Morgan fingerprint density at radius 2 is 1.04 bits per heavy atom. The van der Waals surface area contributed by atoms with Gasteiger partial charge in [0.15, 0.2) is 0 Å². The second-order valence-corrected chi connectivity index (χ2v) is 4.58. The summed E-state index contributed by atoms with van der Waals surface area (Å²) in [6, 6.07) is 12.2. The molecule has 8 heteroatoms. The number of hydrogen-bond acceptors (Lipinski definition) is 6. The van der Waals surface area contributed by atoms with E-state index in [0.717, 1.165) is 0 Å². The number of rotatable bonds is 4. The number of hydrogen-bond donors (Lipinski definition) is 4. The molecular weight excluding hydrogens is 312 g/mol. The fourth-order valence-corrected chi connectivity index (χ4v) is 1.55. The molecule has 0 heterocycles. The lowest BCUT2D eigenvalue weighted by molar-refractivity contribution is -0.139. The van der Waals surface area contributed by atoms with Gasteiger partial charge < -0.3 is 10.2 Å². The van der Waals surface area contributed by atoms with E-state index in [2.05, 4.69) is 21.1 Å². The second-order valence-electron chi connectivity index (χ2n) is 4.58. The molecule has 2 rings (SSSR count). The van der Waals surface area contributed by atoms with E-state index < -0.39 is 11.8 Å². The van der Waals surface area contributed by atoms with E-state index in [9.17, 15) is 9.59 Å². The molecule has 2 aromatic rings. The van der Waals surface area contributed by atoms with Gasteiger partial charge in [0.25, 0.3) is 0 Å². The van der Waals surface area contributed by atoms with E-state index in [0.29, 0.717) is 11.1 Å². The van der Waals surface area contributed by atoms with Crippen LogP contribution in [0.25, 0.3) is 0 Å². The van der Waals surface area contributed by atoms with Crippen LogP contribution in [0.3, 0.4) is 0 Å². The van der Waals surface area contributed by atoms with Gasteiger partial charge in [-0.25, -0.2) is 10.9 Å². The summed E-state index contributed by atoms with van der Waals surface area (Å²) in [5.74, 6) is -1.73. The van der Waals surface area contributed by atoms with Gasteiger partial charge in [0, 0.05) is 0 Å². The molecular formula is C16H14N4O4. The third-order valence-corrected chi connectivity index (χ3v) is 2.75. The Morgan fingerprint density at radius 3 is 1.38 bits per heavy atom. The zero-order valence-electron chi connectivity index (χ0n) is 12.4. The van der Waals surface area contributed by atoms with E-state index in [-0.39, 0.29) is 11.5 Å². The van der Waals surface area contributed by atoms with Crippen molar-refractivity contribution >= 4 is 24.2 Å². The fraction of sp³-hybridized carbons (Fsp3) is 0. The monoisotopic (exact) mass is 326 g/mol. The molecule has 2 aromatic carbocycles. The van der Waals surface area contributed by atoms with E-state index in [1.807, 2.05) is 0 Å². The van der Waals surface area contributed by atoms with Crippen molar-refractivity contribution in [3.63, 3.8) is 0 Å². The van der Waals surface area contributed by atoms with E-state index in [1.54, 1.807) is 24.3 Å². The molecule has 0 aromatic heterocycles. The zero-order valence-corrected chi connectivity index (χ0v) is 12.4. The standard InChI is InChI=1S/C16H14N4O4/c21-13-5-1-11(2-6-13)9-17-19-15(23)16(24)20-18-10-12-3-7-14(22)8-4-12/h1-10,21-22H,(H,19,23)(H,20,24). The molecule has 0 aliphatic carbocycles. The van der Waals surface area contributed by atoms with Crippen LogP contribution >= 0.6 is 0 Å². The fourth-order valence-electron chi connectivity index (χ4n) is 1.55. The van der Waals surface area contributed by atoms with Crippen LogP contribution in [0.2, 0.25) is 0 Å². The van der Waals surface area contributed by atoms with Crippen molar-refractivity contribution in [3.05, 3.63) is 59.7 Å². The van der Waals surface area contributed by atoms with Crippen molar-refractivity contribution < 1.29 is 19.8 Å². The van der Waals surface area contributed by atoms with Crippen LogP contribution in [-0.4, -0.2) is 34.5 Å². The first kappa shape index (κ1) is 16.7. The Morgan fingerprint density at radius 1 is 0.708 bits per heavy atom. The number of nitrogens with zero attached hydrogens (tertiary/aromatic N) is 2. The predicted octanol–water partition coefficient (Wildman–Crippen LogP) is 0.698. The molecule has 0 saturated heterocycles. The highest BCUT2D eigenvalue weighted by molar-refractivity contribution is 6.35. The number of hydrazone groups is 2. The van der Waals surface area contributed by atoms with Crippen molar-refractivity contribution in [2.45, 2.75) is 0 Å². The van der Waals surface area contributed by atoms with Gasteiger partial charge in [-0.3, -0.25) is 9.59 Å². The maximum atomic E-state index is 11.5. The average Bonchev–Trinajstić information content (AvgIpc) is 2.58. The highest BCUT2D eigenvalue weighted by Gasteiger charge is 2.10. The Bertz CT molecular complexity index is 700. The summed E-state index contributed by atoms with van der Waals surface area (Å²) in [6.07, 6.45) is 2.65. The van der Waals surface area contributed by atoms with Gasteiger partial charge >= 0.3 is 11.8 Å². The number of nitrogens with one attached hydrogen (secondary N) is 2. The third-order valence-electron chi connectivity index (χ3n) is 2.75. The Kier molecular flexibility index (Phi) is 5.62. The minimum Gasteiger partial charge on any atom is -0.508 e. The van der Waals surface area contributed by atoms with Crippen molar-refractivity contribution in [1.29, 1.82) is 0 Å². The first-order valence-corrected chi connectivity index (χ1v) is 6.79. The third kappa shape index (κ3) is 5.26. The molecule has 4 N–H and O–H groups in total. The van der Waals surface area contributed by atoms with Crippen LogP contribution in [0.15, 0.2) is 58.7 Å². The minimum absolute atomic E-state index is 0.113. The summed E-state index contributed by atoms with van der Waals surface area (Å²) in [5, 5.41) is 25.5. The van der Waals surface area contributed by atoms with Gasteiger partial charge in [0.05, 0.1) is 12.4 Å². The first-order chi connectivity index (χ1) is 11.5. The molecule has 0 bridgehead atoms. The number of carbonyl (C=O) groups excluding carboxylic acids is 2. The smallest absolute Gasteiger partial charge is 0.331 e. The van der Waals surface area contributed by atoms with Gasteiger partial charge in [-0.15, -0.1) is 0 Å². The normalized spacial score (nSPS) is 10.8. The van der Waals surface area contributed by atoms with Crippen LogP contribution in [0.1, 0.15) is 11.1 Å². The van der Waals surface area contributed by atoms with Crippen molar-refractivity contribution in [2.75, 3.05) is 0 Å². The topological polar surface area (TPSA) is 123 Å². The highest BCUT2D eigenvalue weighted by Crippen LogP contribution is 2.08. The molecule has 24 heavy (non-hydrogen) atoms. The largest absolute Gasteiger partial charge is 0.508 e. The van der Waals surface area contributed by atoms with Crippen molar-refractivity contribution in [2.24, 2.45) is 10.2 Å². The van der Waals surface area contributed by atoms with Gasteiger partial charge in [-0.2, -0.15) is 10.2 Å². The SMILES string of the molecule is O=C(NN=Cc1ccc(O)cc1)C(=O)NN=Cc1ccc(O)cc1. The lowest BCUT2D eigenvalue weighted by atomic mass is 10.2. The number of carbonyl (C=O) groups is 2. The number of benzene rings is 2. The molecule has 0 saturated carbocycles. The molecule has 0 radical (unpaired) electrons. The molecule has 0 spiro atoms. The molecule has 0 atom stereocenters. The van der Waals surface area contributed by atoms with Crippen LogP contribution in [0, 0.1) is 0 Å². The van der Waals surface area contributed by atoms with Gasteiger partial charge in [0.1, 0.15) is 11.5 Å². The Balaban J connectivity index is 1.80. The number of amides is 2. The number of phenolic OH excluding ortho intramolecular Hbond substituents is 2. The van der Waals surface area contributed by atoms with Gasteiger partial charge in [0.2, 0.25) is 0 Å². The molecule has 122 valence electrons. The highest BCUT2D eigenvalue weighted by atomic mass is 16.3. The van der Waals surface area contributed by atoms with Crippen LogP contribution < -0.4 is 10.9 Å². The molecule has 0 aliphatic heterocycles. The average molecular weight is 326 g/mol. The van der Waals surface area contributed by atoms with Gasteiger partial charge in [-0.1, -0.05) is 0 Å². The quantitative estimate of drug-likeness (QED) is 0.375. The van der Waals surface area contributed by atoms with Crippen molar-refractivity contribution in [1.82, 2.24) is 10.9 Å². The minimum atomic E-state index is -0.979. The Hall–Kier alpha value is -3.68. The van der Waals surface area contributed by atoms with Crippen molar-refractivity contribution in [3.8, 4) is 11.5 Å². The summed E-state index contributed by atoms with van der Waals surface area (Å²) in [5.41, 5.74) is 5.38. The zero-order chi connectivity index (χ0) is 17.4. The summed E-state index contributed by atoms with van der Waals surface area (Å²) >= 11 is 0. The first-order valence-electron chi connectivity index (χ1n) is 6.79. The lowest BCUT2D eigenvalue weighted by Crippen LogP contribution is -2.35.